The molecule has 0 fully saturated rings. The first-order valence-corrected chi connectivity index (χ1v) is 13.2. The zero-order valence-corrected chi connectivity index (χ0v) is 23.4. The van der Waals surface area contributed by atoms with Crippen molar-refractivity contribution >= 4 is 35.0 Å². The lowest BCUT2D eigenvalue weighted by Gasteiger charge is -2.19. The van der Waals surface area contributed by atoms with Crippen molar-refractivity contribution in [3.05, 3.63) is 102 Å². The van der Waals surface area contributed by atoms with Gasteiger partial charge >= 0.3 is 0 Å². The summed E-state index contributed by atoms with van der Waals surface area (Å²) >= 11 is 1.40. The maximum atomic E-state index is 13.5. The Bertz CT molecular complexity index is 1460. The lowest BCUT2D eigenvalue weighted by Crippen LogP contribution is -2.19. The molecule has 0 heterocycles. The third kappa shape index (κ3) is 6.86. The van der Waals surface area contributed by atoms with Crippen molar-refractivity contribution < 1.29 is 28.5 Å². The summed E-state index contributed by atoms with van der Waals surface area (Å²) in [7, 11) is 6.17. The average Bonchev–Trinajstić information content (AvgIpc) is 3.00. The molecule has 4 aromatic rings. The molecule has 0 aliphatic heterocycles. The van der Waals surface area contributed by atoms with Crippen molar-refractivity contribution in [3.63, 3.8) is 0 Å². The number of methoxy groups -OCH3 is 4. The quantitative estimate of drug-likeness (QED) is 0.204. The largest absolute Gasteiger partial charge is 0.497 e. The molecule has 2 N–H and O–H groups in total. The van der Waals surface area contributed by atoms with Gasteiger partial charge in [-0.1, -0.05) is 30.3 Å². The minimum absolute atomic E-state index is 0.214. The number of carbonyl (C=O) groups is 2. The molecule has 0 aromatic heterocycles. The van der Waals surface area contributed by atoms with Crippen LogP contribution in [0.1, 0.15) is 21.2 Å². The molecule has 9 heteroatoms. The van der Waals surface area contributed by atoms with Crippen LogP contribution >= 0.6 is 11.8 Å². The number of thioether (sulfide) groups is 1. The van der Waals surface area contributed by atoms with E-state index in [4.69, 9.17) is 18.9 Å². The van der Waals surface area contributed by atoms with E-state index in [1.54, 1.807) is 69.9 Å². The summed E-state index contributed by atoms with van der Waals surface area (Å²) in [5.41, 5.74) is 2.41. The van der Waals surface area contributed by atoms with E-state index < -0.39 is 5.25 Å². The Labute approximate surface area is 237 Å². The molecule has 206 valence electrons. The number of amides is 2. The lowest BCUT2D eigenvalue weighted by molar-refractivity contribution is -0.115. The Morgan fingerprint density at radius 1 is 0.675 bits per heavy atom. The van der Waals surface area contributed by atoms with Gasteiger partial charge in [0.25, 0.3) is 5.91 Å². The number of hydrogen-bond acceptors (Lipinski definition) is 7. The number of anilines is 2. The van der Waals surface area contributed by atoms with Gasteiger partial charge in [-0.05, 0) is 60.2 Å². The van der Waals surface area contributed by atoms with Crippen LogP contribution in [0.2, 0.25) is 0 Å². The monoisotopic (exact) mass is 558 g/mol. The first-order valence-electron chi connectivity index (χ1n) is 12.3. The van der Waals surface area contributed by atoms with Crippen LogP contribution in [0.3, 0.4) is 0 Å². The Kier molecular flexibility index (Phi) is 9.53. The van der Waals surface area contributed by atoms with Crippen molar-refractivity contribution in [1.82, 2.24) is 0 Å². The second-order valence-electron chi connectivity index (χ2n) is 8.51. The topological polar surface area (TPSA) is 95.1 Å². The van der Waals surface area contributed by atoms with Crippen LogP contribution in [0, 0.1) is 0 Å². The van der Waals surface area contributed by atoms with Gasteiger partial charge in [-0.2, -0.15) is 0 Å². The van der Waals surface area contributed by atoms with Crippen molar-refractivity contribution in [1.29, 1.82) is 0 Å². The summed E-state index contributed by atoms with van der Waals surface area (Å²) in [6.45, 7) is 0. The van der Waals surface area contributed by atoms with Crippen molar-refractivity contribution in [2.24, 2.45) is 0 Å². The van der Waals surface area contributed by atoms with E-state index in [1.807, 2.05) is 42.5 Å². The van der Waals surface area contributed by atoms with Crippen molar-refractivity contribution in [2.75, 3.05) is 39.1 Å². The van der Waals surface area contributed by atoms with Crippen molar-refractivity contribution in [3.8, 4) is 23.0 Å². The maximum Gasteiger partial charge on any atom is 0.255 e. The molecule has 2 amide bonds. The van der Waals surface area contributed by atoms with E-state index in [1.165, 1.54) is 18.9 Å². The third-order valence-corrected chi connectivity index (χ3v) is 7.28. The fraction of sp³-hybridized carbons (Fsp3) is 0.161. The van der Waals surface area contributed by atoms with Gasteiger partial charge in [-0.15, -0.1) is 11.8 Å². The Morgan fingerprint density at radius 3 is 2.00 bits per heavy atom. The van der Waals surface area contributed by atoms with E-state index in [-0.39, 0.29) is 11.8 Å². The van der Waals surface area contributed by atoms with Crippen LogP contribution in [0.4, 0.5) is 11.4 Å². The minimum Gasteiger partial charge on any atom is -0.497 e. The third-order valence-electron chi connectivity index (χ3n) is 6.02. The molecule has 4 rings (SSSR count). The second kappa shape index (κ2) is 13.4. The molecule has 0 saturated carbocycles. The summed E-state index contributed by atoms with van der Waals surface area (Å²) < 4.78 is 21.3. The zero-order chi connectivity index (χ0) is 28.5. The normalized spacial score (nSPS) is 11.2. The highest BCUT2D eigenvalue weighted by Gasteiger charge is 2.23. The van der Waals surface area contributed by atoms with E-state index in [2.05, 4.69) is 10.6 Å². The first kappa shape index (κ1) is 28.4. The Hall–Kier alpha value is -4.63. The van der Waals surface area contributed by atoms with Crippen LogP contribution in [-0.2, 0) is 4.79 Å². The smallest absolute Gasteiger partial charge is 0.255 e. The standard InChI is InChI=1S/C31H30N2O6S/c1-36-23-13-17-26(37-2)25(19-23)33-31(35)29(20-8-6-5-7-9-20)40-24-14-11-22(12-15-24)32-30(34)21-10-16-27(38-3)28(18-21)39-4/h5-19,29H,1-4H3,(H,32,34)(H,33,35). The summed E-state index contributed by atoms with van der Waals surface area (Å²) in [5, 5.41) is 5.32. The molecule has 0 radical (unpaired) electrons. The number of nitrogens with one attached hydrogen (secondary N) is 2. The zero-order valence-electron chi connectivity index (χ0n) is 22.6. The molecule has 4 aromatic carbocycles. The second-order valence-corrected chi connectivity index (χ2v) is 9.69. The highest BCUT2D eigenvalue weighted by Crippen LogP contribution is 2.38. The van der Waals surface area contributed by atoms with Gasteiger partial charge in [-0.3, -0.25) is 9.59 Å². The van der Waals surface area contributed by atoms with Crippen LogP contribution in [0.5, 0.6) is 23.0 Å². The number of hydrogen-bond donors (Lipinski definition) is 2. The molecular formula is C31H30N2O6S. The Morgan fingerprint density at radius 2 is 1.35 bits per heavy atom. The maximum absolute atomic E-state index is 13.5. The minimum atomic E-state index is -0.552. The van der Waals surface area contributed by atoms with Gasteiger partial charge in [0.1, 0.15) is 16.7 Å². The number of carbonyl (C=O) groups excluding carboxylic acids is 2. The van der Waals surface area contributed by atoms with Gasteiger partial charge in [0.2, 0.25) is 5.91 Å². The van der Waals surface area contributed by atoms with E-state index >= 15 is 0 Å². The van der Waals surface area contributed by atoms with Crippen LogP contribution < -0.4 is 29.6 Å². The molecular weight excluding hydrogens is 528 g/mol. The molecule has 8 nitrogen and oxygen atoms in total. The van der Waals surface area contributed by atoms with Gasteiger partial charge < -0.3 is 29.6 Å². The van der Waals surface area contributed by atoms with Gasteiger partial charge in [-0.25, -0.2) is 0 Å². The molecule has 1 unspecified atom stereocenters. The SMILES string of the molecule is COc1ccc(OC)c(NC(=O)C(Sc2ccc(NC(=O)c3ccc(OC)c(OC)c3)cc2)c2ccccc2)c1. The molecule has 0 bridgehead atoms. The van der Waals surface area contributed by atoms with Gasteiger partial charge in [0, 0.05) is 22.2 Å². The Balaban J connectivity index is 1.51. The molecule has 0 aliphatic rings. The van der Waals surface area contributed by atoms with Crippen LogP contribution in [0.25, 0.3) is 0 Å². The molecule has 0 saturated heterocycles. The summed E-state index contributed by atoms with van der Waals surface area (Å²) in [6.07, 6.45) is 0. The lowest BCUT2D eigenvalue weighted by atomic mass is 10.1. The molecule has 1 atom stereocenters. The summed E-state index contributed by atoms with van der Waals surface area (Å²) in [5.74, 6) is 1.65. The van der Waals surface area contributed by atoms with Crippen molar-refractivity contribution in [2.45, 2.75) is 10.1 Å². The summed E-state index contributed by atoms with van der Waals surface area (Å²) in [4.78, 5) is 27.2. The van der Waals surface area contributed by atoms with E-state index in [0.717, 1.165) is 10.5 Å². The predicted octanol–water partition coefficient (Wildman–Crippen LogP) is 6.45. The van der Waals surface area contributed by atoms with Gasteiger partial charge in [0.05, 0.1) is 34.1 Å². The van der Waals surface area contributed by atoms with Gasteiger partial charge in [0.15, 0.2) is 11.5 Å². The number of benzene rings is 4. The fourth-order valence-corrected chi connectivity index (χ4v) is 4.97. The predicted molar refractivity (Wildman–Crippen MR) is 157 cm³/mol. The van der Waals surface area contributed by atoms with Crippen LogP contribution in [0.15, 0.2) is 95.9 Å². The highest BCUT2D eigenvalue weighted by molar-refractivity contribution is 8.00. The number of ether oxygens (including phenoxy) is 4. The summed E-state index contributed by atoms with van der Waals surface area (Å²) in [6, 6.07) is 27.1. The van der Waals surface area contributed by atoms with Crippen LogP contribution in [-0.4, -0.2) is 40.3 Å². The molecule has 40 heavy (non-hydrogen) atoms. The average molecular weight is 559 g/mol. The molecule has 0 spiro atoms. The fourth-order valence-electron chi connectivity index (χ4n) is 3.94. The first-order chi connectivity index (χ1) is 19.4. The highest BCUT2D eigenvalue weighted by atomic mass is 32.2. The van der Waals surface area contributed by atoms with E-state index in [0.29, 0.717) is 39.9 Å². The van der Waals surface area contributed by atoms with E-state index in [9.17, 15) is 9.59 Å². The molecule has 0 aliphatic carbocycles. The number of rotatable bonds is 11.